The average Bonchev–Trinajstić information content (AvgIpc) is 4.08. The zero-order valence-corrected chi connectivity index (χ0v) is 51.4. The highest BCUT2D eigenvalue weighted by Crippen LogP contribution is 2.28. The van der Waals surface area contributed by atoms with Gasteiger partial charge in [0.15, 0.2) is 0 Å². The molecule has 2 unspecified atom stereocenters. The third-order valence-corrected chi connectivity index (χ3v) is 16.3. The molecule has 9 amide bonds. The summed E-state index contributed by atoms with van der Waals surface area (Å²) in [6, 6.07) is 11.3. The van der Waals surface area contributed by atoms with Gasteiger partial charge in [0.1, 0.15) is 30.8 Å². The van der Waals surface area contributed by atoms with E-state index in [1.54, 1.807) is 71.2 Å². The van der Waals surface area contributed by atoms with Crippen LogP contribution < -0.4 is 27.0 Å². The first-order chi connectivity index (χ1) is 39.5. The van der Waals surface area contributed by atoms with Gasteiger partial charge >= 0.3 is 6.09 Å². The minimum Gasteiger partial charge on any atom is -0.445 e. The molecule has 2 fully saturated rings. The number of rotatable bonds is 34. The molecular weight excluding hydrogens is 1060 g/mol. The van der Waals surface area contributed by atoms with Gasteiger partial charge in [-0.25, -0.2) is 4.79 Å². The Hall–Kier alpha value is -6.45. The van der Waals surface area contributed by atoms with E-state index in [0.717, 1.165) is 18.4 Å². The van der Waals surface area contributed by atoms with Crippen LogP contribution in [0.25, 0.3) is 0 Å². The number of ether oxygens (including phenoxy) is 3. The van der Waals surface area contributed by atoms with Gasteiger partial charge in [0.2, 0.25) is 47.3 Å². The molecule has 462 valence electrons. The summed E-state index contributed by atoms with van der Waals surface area (Å²) in [7, 11) is 6.34. The number of likely N-dealkylation sites (tertiary alicyclic amines) is 2. The van der Waals surface area contributed by atoms with Crippen LogP contribution in [0.3, 0.4) is 0 Å². The van der Waals surface area contributed by atoms with Crippen LogP contribution in [0.4, 0.5) is 10.5 Å². The number of hydrogen-bond acceptors (Lipinski definition) is 13. The van der Waals surface area contributed by atoms with Gasteiger partial charge in [0.25, 0.3) is 0 Å². The lowest BCUT2D eigenvalue weighted by molar-refractivity contribution is -0.147. The van der Waals surface area contributed by atoms with E-state index in [1.807, 2.05) is 69.9 Å². The van der Waals surface area contributed by atoms with E-state index in [4.69, 9.17) is 19.9 Å². The second-order valence-corrected chi connectivity index (χ2v) is 23.3. The molecule has 0 radical (unpaired) electrons. The smallest absolute Gasteiger partial charge is 0.410 e. The largest absolute Gasteiger partial charge is 0.445 e. The summed E-state index contributed by atoms with van der Waals surface area (Å²) < 4.78 is 17.3. The van der Waals surface area contributed by atoms with Crippen LogP contribution in [0.15, 0.2) is 54.6 Å². The van der Waals surface area contributed by atoms with Crippen molar-refractivity contribution in [2.75, 3.05) is 53.3 Å². The Bertz CT molecular complexity index is 2440. The molecule has 10 atom stereocenters. The highest BCUT2D eigenvalue weighted by atomic mass is 16.6. The summed E-state index contributed by atoms with van der Waals surface area (Å²) in [6.07, 6.45) is 4.54. The number of hydrogen-bond donors (Lipinski definition) is 5. The fraction of sp³-hybridized carbons (Fsp3) is 0.661. The van der Waals surface area contributed by atoms with Gasteiger partial charge in [0.05, 0.1) is 30.7 Å². The number of unbranched alkanes of at least 4 members (excludes halogenated alkanes) is 3. The fourth-order valence-corrected chi connectivity index (χ4v) is 11.1. The predicted octanol–water partition coefficient (Wildman–Crippen LogP) is 5.96. The van der Waals surface area contributed by atoms with Gasteiger partial charge in [-0.1, -0.05) is 104 Å². The Labute approximate surface area is 492 Å². The first kappa shape index (κ1) is 69.0. The van der Waals surface area contributed by atoms with Gasteiger partial charge in [0, 0.05) is 72.3 Å². The fourth-order valence-electron chi connectivity index (χ4n) is 11.1. The van der Waals surface area contributed by atoms with Crippen molar-refractivity contribution in [1.82, 2.24) is 35.6 Å². The molecule has 0 aliphatic carbocycles. The monoisotopic (exact) mass is 1160 g/mol. The predicted molar refractivity (Wildman–Crippen MR) is 317 cm³/mol. The van der Waals surface area contributed by atoms with Crippen molar-refractivity contribution in [2.45, 2.75) is 194 Å². The number of carbonyl (C=O) groups is 9. The van der Waals surface area contributed by atoms with Crippen LogP contribution in [-0.2, 0) is 65.6 Å². The van der Waals surface area contributed by atoms with E-state index in [2.05, 4.69) is 21.3 Å². The zero-order chi connectivity index (χ0) is 61.5. The maximum atomic E-state index is 14.6. The molecule has 2 aliphatic rings. The molecule has 4 rings (SSSR count). The second-order valence-electron chi connectivity index (χ2n) is 23.3. The number of nitrogens with two attached hydrogens (primary N) is 1. The molecule has 2 aromatic carbocycles. The third kappa shape index (κ3) is 20.4. The van der Waals surface area contributed by atoms with E-state index < -0.39 is 60.1 Å². The Balaban J connectivity index is 1.37. The van der Waals surface area contributed by atoms with Crippen molar-refractivity contribution in [3.05, 3.63) is 65.7 Å². The van der Waals surface area contributed by atoms with Crippen molar-refractivity contribution >= 4 is 59.0 Å². The van der Waals surface area contributed by atoms with E-state index in [-0.39, 0.29) is 104 Å². The molecule has 21 heteroatoms. The van der Waals surface area contributed by atoms with Gasteiger partial charge in [-0.3, -0.25) is 48.2 Å². The summed E-state index contributed by atoms with van der Waals surface area (Å²) in [5.74, 6) is -3.78. The van der Waals surface area contributed by atoms with Crippen LogP contribution >= 0.6 is 0 Å². The highest BCUT2D eigenvalue weighted by molar-refractivity contribution is 6.03. The molecule has 21 nitrogen and oxygen atoms in total. The van der Waals surface area contributed by atoms with E-state index in [0.29, 0.717) is 69.4 Å². The van der Waals surface area contributed by atoms with Gasteiger partial charge in [-0.15, -0.1) is 0 Å². The zero-order valence-electron chi connectivity index (χ0n) is 51.4. The lowest BCUT2D eigenvalue weighted by Gasteiger charge is -2.41. The molecule has 2 aromatic rings. The van der Waals surface area contributed by atoms with Crippen LogP contribution in [0.1, 0.15) is 144 Å². The minimum atomic E-state index is -1.02. The maximum absolute atomic E-state index is 14.6. The van der Waals surface area contributed by atoms with Crippen LogP contribution in [-0.4, -0.2) is 169 Å². The number of nitrogens with one attached hydrogen (secondary N) is 4. The molecule has 2 aliphatic heterocycles. The molecule has 0 spiro atoms. The molecule has 83 heavy (non-hydrogen) atoms. The van der Waals surface area contributed by atoms with Crippen molar-refractivity contribution in [3.8, 4) is 0 Å². The first-order valence-corrected chi connectivity index (χ1v) is 29.9. The molecule has 2 saturated heterocycles. The lowest BCUT2D eigenvalue weighted by Crippen LogP contribution is -2.60. The van der Waals surface area contributed by atoms with Crippen molar-refractivity contribution in [3.63, 3.8) is 0 Å². The number of likely N-dealkylation sites (N-methyl/N-ethyl adjacent to an activating group) is 2. The molecule has 0 aromatic heterocycles. The molecule has 0 saturated carbocycles. The Morgan fingerprint density at radius 2 is 1.45 bits per heavy atom. The SMILES string of the molecule is CC[C@H](C)[C@@H]([C@H](CC(=O)N1CCC[C@H]1[C@H](C)OC)OC)N(C)C(=O)[C@@H](NC(=O)C(C(C)C)N(C)C(=O)OCc1ccc(NC(=O)[C@H](CCCCN)NC(=O)[C@H](Cc2ccccc2)NC(=O)CCCCCN2C(=O)CC(C)C2=O)cc1)C(C)C. The maximum Gasteiger partial charge on any atom is 0.410 e. The number of nitrogens with zero attached hydrogens (tertiary/aromatic N) is 4. The van der Waals surface area contributed by atoms with E-state index in [9.17, 15) is 43.2 Å². The molecule has 0 bridgehead atoms. The van der Waals surface area contributed by atoms with Crippen molar-refractivity contribution < 1.29 is 57.4 Å². The average molecular weight is 1160 g/mol. The molecule has 6 N–H and O–H groups in total. The summed E-state index contributed by atoms with van der Waals surface area (Å²) in [6.45, 7) is 16.2. The lowest BCUT2D eigenvalue weighted by atomic mass is 9.89. The van der Waals surface area contributed by atoms with E-state index >= 15 is 0 Å². The van der Waals surface area contributed by atoms with Gasteiger partial charge < -0.3 is 51.0 Å². The number of methoxy groups -OCH3 is 2. The van der Waals surface area contributed by atoms with Crippen LogP contribution in [0, 0.1) is 23.7 Å². The topological polar surface area (TPSA) is 268 Å². The number of carbonyl (C=O) groups excluding carboxylic acids is 9. The van der Waals surface area contributed by atoms with Crippen molar-refractivity contribution in [1.29, 1.82) is 0 Å². The standard InChI is InChI=1S/C62H97N9O12/c1-13-41(6)56(50(82-12)37-53(74)70-34-22-26-49(70)43(8)81-11)68(9)61(79)54(39(2)3)67-59(77)55(40(4)5)69(10)62(80)83-38-45-28-30-46(31-29-45)64-57(75)47(25-19-20-32-63)66-58(76)48(36-44-23-16-14-17-24-44)65-51(72)27-18-15-21-33-71-52(73)35-42(7)60(71)78/h14,16-17,23-24,28-31,39-43,47-50,54-56H,13,15,18-22,25-27,32-38,63H2,1-12H3,(H,64,75)(H,65,72)(H,66,76)(H,67,77)/t41-,42?,43-,47-,48-,49-,50-,54-,55?,56-/m0/s1. The van der Waals surface area contributed by atoms with Crippen molar-refractivity contribution in [2.24, 2.45) is 29.4 Å². The van der Waals surface area contributed by atoms with Gasteiger partial charge in [-0.05, 0) is 99.4 Å². The number of imide groups is 1. The highest BCUT2D eigenvalue weighted by Gasteiger charge is 2.42. The van der Waals surface area contributed by atoms with Crippen LogP contribution in [0.5, 0.6) is 0 Å². The summed E-state index contributed by atoms with van der Waals surface area (Å²) in [5, 5.41) is 11.6. The Morgan fingerprint density at radius 1 is 0.759 bits per heavy atom. The molecule has 2 heterocycles. The number of anilines is 1. The summed E-state index contributed by atoms with van der Waals surface area (Å²) >= 11 is 0. The minimum absolute atomic E-state index is 0.0442. The third-order valence-electron chi connectivity index (χ3n) is 16.3. The Kier molecular flexibility index (Phi) is 28.6. The van der Waals surface area contributed by atoms with Crippen LogP contribution in [0.2, 0.25) is 0 Å². The quantitative estimate of drug-likeness (QED) is 0.0401. The van der Waals surface area contributed by atoms with E-state index in [1.165, 1.54) is 16.8 Å². The second kappa shape index (κ2) is 34.4. The molecular formula is C62H97N9O12. The summed E-state index contributed by atoms with van der Waals surface area (Å²) in [5.41, 5.74) is 7.59. The number of benzene rings is 2. The number of amides is 9. The normalized spacial score (nSPS) is 18.2. The first-order valence-electron chi connectivity index (χ1n) is 29.9. The summed E-state index contributed by atoms with van der Waals surface area (Å²) in [4.78, 5) is 128. The Morgan fingerprint density at radius 3 is 2.04 bits per heavy atom. The van der Waals surface area contributed by atoms with Gasteiger partial charge in [-0.2, -0.15) is 0 Å².